The number of allylic oxidation sites excluding steroid dienone is 1. The summed E-state index contributed by atoms with van der Waals surface area (Å²) in [5, 5.41) is 12.4. The number of nitrogens with one attached hydrogen (secondary N) is 1. The third-order valence-corrected chi connectivity index (χ3v) is 4.29. The number of imide groups is 1. The molecule has 0 fully saturated rings. The van der Waals surface area contributed by atoms with E-state index in [1.54, 1.807) is 0 Å². The fraction of sp³-hybridized carbons (Fsp3) is 0.611. The van der Waals surface area contributed by atoms with Crippen molar-refractivity contribution < 1.29 is 24.2 Å². The average Bonchev–Trinajstić information content (AvgIpc) is 2.89. The second-order valence-corrected chi connectivity index (χ2v) is 6.33. The van der Waals surface area contributed by atoms with Gasteiger partial charge in [0.25, 0.3) is 11.8 Å². The maximum absolute atomic E-state index is 11.8. The first-order valence-corrected chi connectivity index (χ1v) is 8.89. The van der Waals surface area contributed by atoms with E-state index in [1.165, 1.54) is 17.1 Å². The Morgan fingerprint density at radius 1 is 1.16 bits per heavy atom. The lowest BCUT2D eigenvalue weighted by Gasteiger charge is -2.19. The molecule has 0 radical (unpaired) electrons. The third-order valence-electron chi connectivity index (χ3n) is 4.29. The molecule has 138 valence electrons. The van der Waals surface area contributed by atoms with Crippen molar-refractivity contribution in [1.82, 2.24) is 10.2 Å². The van der Waals surface area contributed by atoms with Gasteiger partial charge in [-0.2, -0.15) is 0 Å². The summed E-state index contributed by atoms with van der Waals surface area (Å²) in [6, 6.07) is 0. The van der Waals surface area contributed by atoms with Gasteiger partial charge in [0, 0.05) is 25.2 Å². The van der Waals surface area contributed by atoms with E-state index < -0.39 is 6.09 Å². The molecule has 1 unspecified atom stereocenters. The molecule has 2 aliphatic rings. The van der Waals surface area contributed by atoms with Gasteiger partial charge >= 0.3 is 6.09 Å². The highest BCUT2D eigenvalue weighted by Gasteiger charge is 2.22. The lowest BCUT2D eigenvalue weighted by Crippen LogP contribution is -2.31. The lowest BCUT2D eigenvalue weighted by atomic mass is 10.0. The number of carbonyl (C=O) groups is 3. The normalized spacial score (nSPS) is 24.8. The third kappa shape index (κ3) is 6.70. The van der Waals surface area contributed by atoms with Crippen LogP contribution >= 0.6 is 0 Å². The van der Waals surface area contributed by atoms with Crippen molar-refractivity contribution in [3.63, 3.8) is 0 Å². The Balaban J connectivity index is 1.54. The summed E-state index contributed by atoms with van der Waals surface area (Å²) in [4.78, 5) is 35.7. The number of aliphatic hydroxyl groups is 1. The zero-order chi connectivity index (χ0) is 18.1. The molecule has 1 heterocycles. The number of hydrogen-bond donors (Lipinski definition) is 2. The molecule has 0 aromatic heterocycles. The second-order valence-electron chi connectivity index (χ2n) is 6.33. The van der Waals surface area contributed by atoms with Crippen LogP contribution in [0.5, 0.6) is 0 Å². The van der Waals surface area contributed by atoms with E-state index in [9.17, 15) is 19.5 Å². The maximum Gasteiger partial charge on any atom is 0.407 e. The van der Waals surface area contributed by atoms with Gasteiger partial charge < -0.3 is 15.2 Å². The van der Waals surface area contributed by atoms with Gasteiger partial charge in [0.05, 0.1) is 6.10 Å². The predicted molar refractivity (Wildman–Crippen MR) is 91.6 cm³/mol. The van der Waals surface area contributed by atoms with Crippen molar-refractivity contribution in [2.45, 2.75) is 57.2 Å². The number of hydrogen-bond acceptors (Lipinski definition) is 5. The molecule has 2 atom stereocenters. The van der Waals surface area contributed by atoms with E-state index in [-0.39, 0.29) is 24.0 Å². The monoisotopic (exact) mass is 350 g/mol. The molecule has 0 saturated heterocycles. The summed E-state index contributed by atoms with van der Waals surface area (Å²) in [6.07, 6.45) is 10.3. The molecule has 0 aromatic rings. The number of carbonyl (C=O) groups excluding carboxylic acids is 3. The van der Waals surface area contributed by atoms with Crippen molar-refractivity contribution in [1.29, 1.82) is 0 Å². The van der Waals surface area contributed by atoms with Gasteiger partial charge in [0.1, 0.15) is 6.10 Å². The number of ether oxygens (including phenoxy) is 1. The van der Waals surface area contributed by atoms with Gasteiger partial charge in [-0.25, -0.2) is 4.79 Å². The molecule has 3 amide bonds. The molecule has 0 saturated carbocycles. The van der Waals surface area contributed by atoms with Crippen LogP contribution in [0.3, 0.4) is 0 Å². The Bertz CT molecular complexity index is 526. The second kappa shape index (κ2) is 9.98. The first kappa shape index (κ1) is 19.2. The number of alkyl carbamates (subject to hydrolysis) is 1. The van der Waals surface area contributed by atoms with E-state index in [0.717, 1.165) is 25.7 Å². The predicted octanol–water partition coefficient (Wildman–Crippen LogP) is 1.67. The summed E-state index contributed by atoms with van der Waals surface area (Å²) in [6.45, 7) is 0.891. The topological polar surface area (TPSA) is 95.9 Å². The van der Waals surface area contributed by atoms with Crippen molar-refractivity contribution in [3.05, 3.63) is 24.3 Å². The number of amides is 3. The summed E-state index contributed by atoms with van der Waals surface area (Å²) in [5.74, 6) is -0.520. The van der Waals surface area contributed by atoms with Crippen LogP contribution in [0.25, 0.3) is 0 Å². The molecule has 25 heavy (non-hydrogen) atoms. The van der Waals surface area contributed by atoms with E-state index in [1.807, 2.05) is 12.2 Å². The quantitative estimate of drug-likeness (QED) is 0.414. The molecule has 1 aliphatic carbocycles. The molecule has 0 aromatic carbocycles. The van der Waals surface area contributed by atoms with Crippen molar-refractivity contribution >= 4 is 17.9 Å². The SMILES string of the molecule is O=C(NCCCCCN1C(=O)C=CC1=O)OC1/C=C/CC[C@H](O)CC1. The zero-order valence-electron chi connectivity index (χ0n) is 14.4. The standard InChI is InChI=1S/C18H26N2O5/c21-14-6-2-3-7-15(9-8-14)25-18(24)19-12-4-1-5-13-20-16(22)10-11-17(20)23/h3,7,10-11,14-15,21H,1-2,4-6,8-9,12-13H2,(H,19,24)/b7-3+/t14-,15?/m0/s1. The fourth-order valence-corrected chi connectivity index (χ4v) is 2.82. The number of nitrogens with zero attached hydrogens (tertiary/aromatic N) is 1. The van der Waals surface area contributed by atoms with Crippen LogP contribution in [0, 0.1) is 0 Å². The molecule has 1 aliphatic heterocycles. The first-order valence-electron chi connectivity index (χ1n) is 8.89. The zero-order valence-corrected chi connectivity index (χ0v) is 14.4. The van der Waals surface area contributed by atoms with E-state index in [2.05, 4.69) is 5.32 Å². The summed E-state index contributed by atoms with van der Waals surface area (Å²) >= 11 is 0. The van der Waals surface area contributed by atoms with Crippen molar-refractivity contribution in [3.8, 4) is 0 Å². The van der Waals surface area contributed by atoms with Crippen LogP contribution in [0.2, 0.25) is 0 Å². The Labute approximate surface area is 147 Å². The van der Waals surface area contributed by atoms with Gasteiger partial charge in [-0.15, -0.1) is 0 Å². The summed E-state index contributed by atoms with van der Waals surface area (Å²) in [5.41, 5.74) is 0. The van der Waals surface area contributed by atoms with Gasteiger partial charge in [0.15, 0.2) is 0 Å². The highest BCUT2D eigenvalue weighted by atomic mass is 16.6. The van der Waals surface area contributed by atoms with Gasteiger partial charge in [-0.1, -0.05) is 6.08 Å². The van der Waals surface area contributed by atoms with Gasteiger partial charge in [0.2, 0.25) is 0 Å². The van der Waals surface area contributed by atoms with Crippen molar-refractivity contribution in [2.75, 3.05) is 13.1 Å². The summed E-state index contributed by atoms with van der Waals surface area (Å²) < 4.78 is 5.34. The van der Waals surface area contributed by atoms with Gasteiger partial charge in [-0.3, -0.25) is 14.5 Å². The maximum atomic E-state index is 11.8. The first-order chi connectivity index (χ1) is 12.1. The molecule has 2 rings (SSSR count). The number of rotatable bonds is 7. The Hall–Kier alpha value is -2.15. The molecule has 7 nitrogen and oxygen atoms in total. The molecule has 7 heteroatoms. The fourth-order valence-electron chi connectivity index (χ4n) is 2.82. The van der Waals surface area contributed by atoms with Crippen LogP contribution in [0.15, 0.2) is 24.3 Å². The van der Waals surface area contributed by atoms with Crippen molar-refractivity contribution in [2.24, 2.45) is 0 Å². The smallest absolute Gasteiger partial charge is 0.407 e. The molecular formula is C18H26N2O5. The minimum Gasteiger partial charge on any atom is -0.442 e. The highest BCUT2D eigenvalue weighted by molar-refractivity contribution is 6.12. The lowest BCUT2D eigenvalue weighted by molar-refractivity contribution is -0.136. The molecule has 2 N–H and O–H groups in total. The van der Waals surface area contributed by atoms with E-state index >= 15 is 0 Å². The van der Waals surface area contributed by atoms with Crippen LogP contribution in [0.1, 0.15) is 44.9 Å². The van der Waals surface area contributed by atoms with E-state index in [0.29, 0.717) is 32.4 Å². The summed E-state index contributed by atoms with van der Waals surface area (Å²) in [7, 11) is 0. The number of aliphatic hydroxyl groups excluding tert-OH is 1. The largest absolute Gasteiger partial charge is 0.442 e. The Morgan fingerprint density at radius 3 is 2.68 bits per heavy atom. The van der Waals surface area contributed by atoms with Crippen LogP contribution < -0.4 is 5.32 Å². The van der Waals surface area contributed by atoms with Crippen LogP contribution in [0.4, 0.5) is 4.79 Å². The molecular weight excluding hydrogens is 324 g/mol. The van der Waals surface area contributed by atoms with Gasteiger partial charge in [-0.05, 0) is 51.0 Å². The molecule has 0 spiro atoms. The minimum absolute atomic E-state index is 0.260. The average molecular weight is 350 g/mol. The highest BCUT2D eigenvalue weighted by Crippen LogP contribution is 2.15. The Morgan fingerprint density at radius 2 is 1.92 bits per heavy atom. The van der Waals surface area contributed by atoms with E-state index in [4.69, 9.17) is 4.74 Å². The minimum atomic E-state index is -0.459. The van der Waals surface area contributed by atoms with Crippen LogP contribution in [-0.2, 0) is 14.3 Å². The molecule has 0 bridgehead atoms. The van der Waals surface area contributed by atoms with Crippen LogP contribution in [-0.4, -0.2) is 53.2 Å². The number of unbranched alkanes of at least 4 members (excludes halogenated alkanes) is 2. The Kier molecular flexibility index (Phi) is 7.66.